The number of hydrogen-bond donors (Lipinski definition) is 1. The van der Waals surface area contributed by atoms with Gasteiger partial charge in [-0.1, -0.05) is 6.42 Å². The predicted octanol–water partition coefficient (Wildman–Crippen LogP) is 1.22. The first-order valence-corrected chi connectivity index (χ1v) is 10.3. The number of nitrogens with zero attached hydrogens (tertiary/aromatic N) is 3. The van der Waals surface area contributed by atoms with E-state index in [4.69, 9.17) is 4.74 Å². The third-order valence-electron chi connectivity index (χ3n) is 4.57. The predicted molar refractivity (Wildman–Crippen MR) is 103 cm³/mol. The van der Waals surface area contributed by atoms with Gasteiger partial charge in [0.2, 0.25) is 10.0 Å². The van der Waals surface area contributed by atoms with Crippen molar-refractivity contribution in [1.82, 2.24) is 14.1 Å². The number of aromatic nitrogens is 2. The van der Waals surface area contributed by atoms with E-state index in [0.717, 1.165) is 23.9 Å². The van der Waals surface area contributed by atoms with Crippen molar-refractivity contribution in [2.24, 2.45) is 7.05 Å². The fourth-order valence-corrected chi connectivity index (χ4v) is 4.55. The van der Waals surface area contributed by atoms with Crippen LogP contribution in [0.3, 0.4) is 0 Å². The largest absolute Gasteiger partial charge is 0.495 e. The molecule has 150 valence electrons. The van der Waals surface area contributed by atoms with Crippen LogP contribution in [-0.4, -0.2) is 48.6 Å². The second-order valence-electron chi connectivity index (χ2n) is 6.46. The van der Waals surface area contributed by atoms with Gasteiger partial charge in [0.05, 0.1) is 17.7 Å². The Bertz CT molecular complexity index is 1040. The second kappa shape index (κ2) is 8.11. The molecule has 10 heteroatoms. The summed E-state index contributed by atoms with van der Waals surface area (Å²) in [5.74, 6) is -0.266. The third kappa shape index (κ3) is 4.07. The summed E-state index contributed by atoms with van der Waals surface area (Å²) in [6.07, 6.45) is 2.68. The molecule has 1 amide bonds. The first-order valence-electron chi connectivity index (χ1n) is 8.87. The van der Waals surface area contributed by atoms with Crippen LogP contribution < -0.4 is 15.6 Å². The number of nitrogens with one attached hydrogen (secondary N) is 1. The SMILES string of the molecule is COc1ccc(S(=O)(=O)N2CCCCC2)cc1NC(=O)c1ccc(=O)n(C)n1. The summed E-state index contributed by atoms with van der Waals surface area (Å²) in [5, 5.41) is 6.51. The monoisotopic (exact) mass is 406 g/mol. The van der Waals surface area contributed by atoms with Gasteiger partial charge in [0, 0.05) is 26.2 Å². The Morgan fingerprint density at radius 3 is 2.50 bits per heavy atom. The van der Waals surface area contributed by atoms with Gasteiger partial charge in [-0.15, -0.1) is 0 Å². The van der Waals surface area contributed by atoms with Crippen LogP contribution in [0.5, 0.6) is 5.75 Å². The fourth-order valence-electron chi connectivity index (χ4n) is 3.01. The lowest BCUT2D eigenvalue weighted by Crippen LogP contribution is -2.35. The van der Waals surface area contributed by atoms with E-state index in [1.165, 1.54) is 48.8 Å². The number of aryl methyl sites for hydroxylation is 1. The molecule has 0 radical (unpaired) electrons. The zero-order valence-corrected chi connectivity index (χ0v) is 16.5. The maximum atomic E-state index is 12.9. The number of sulfonamides is 1. The van der Waals surface area contributed by atoms with E-state index in [0.29, 0.717) is 18.8 Å². The van der Waals surface area contributed by atoms with Gasteiger partial charge in [0.15, 0.2) is 0 Å². The summed E-state index contributed by atoms with van der Waals surface area (Å²) in [7, 11) is -0.796. The van der Waals surface area contributed by atoms with E-state index in [1.54, 1.807) is 0 Å². The summed E-state index contributed by atoms with van der Waals surface area (Å²) in [6, 6.07) is 6.88. The van der Waals surface area contributed by atoms with Gasteiger partial charge < -0.3 is 10.1 Å². The normalized spacial score (nSPS) is 15.2. The number of ether oxygens (including phenoxy) is 1. The van der Waals surface area contributed by atoms with Gasteiger partial charge in [0.25, 0.3) is 11.5 Å². The Morgan fingerprint density at radius 1 is 1.14 bits per heavy atom. The third-order valence-corrected chi connectivity index (χ3v) is 6.46. The second-order valence-corrected chi connectivity index (χ2v) is 8.40. The molecule has 1 aromatic heterocycles. The summed E-state index contributed by atoms with van der Waals surface area (Å²) in [4.78, 5) is 24.0. The average molecular weight is 406 g/mol. The summed E-state index contributed by atoms with van der Waals surface area (Å²) in [5.41, 5.74) is -0.113. The lowest BCUT2D eigenvalue weighted by atomic mass is 10.2. The Kier molecular flexibility index (Phi) is 5.80. The minimum atomic E-state index is -3.66. The Hall–Kier alpha value is -2.72. The number of benzene rings is 1. The van der Waals surface area contributed by atoms with Gasteiger partial charge in [-0.05, 0) is 37.1 Å². The summed E-state index contributed by atoms with van der Waals surface area (Å²) >= 11 is 0. The summed E-state index contributed by atoms with van der Waals surface area (Å²) < 4.78 is 33.5. The molecule has 1 aromatic carbocycles. The molecule has 0 saturated carbocycles. The molecule has 0 spiro atoms. The van der Waals surface area contributed by atoms with Gasteiger partial charge in [-0.25, -0.2) is 13.1 Å². The number of methoxy groups -OCH3 is 1. The molecule has 0 unspecified atom stereocenters. The number of carbonyl (C=O) groups is 1. The van der Waals surface area contributed by atoms with Crippen LogP contribution in [-0.2, 0) is 17.1 Å². The first kappa shape index (κ1) is 20.0. The Labute approximate surface area is 163 Å². The highest BCUT2D eigenvalue weighted by molar-refractivity contribution is 7.89. The van der Waals surface area contributed by atoms with Gasteiger partial charge in [0.1, 0.15) is 11.4 Å². The molecule has 1 aliphatic heterocycles. The topological polar surface area (TPSA) is 111 Å². The lowest BCUT2D eigenvalue weighted by molar-refractivity contribution is 0.101. The molecule has 0 bridgehead atoms. The Balaban J connectivity index is 1.91. The molecule has 1 N–H and O–H groups in total. The maximum absolute atomic E-state index is 12.9. The van der Waals surface area contributed by atoms with Gasteiger partial charge in [-0.2, -0.15) is 9.40 Å². The molecular formula is C18H22N4O5S. The number of carbonyl (C=O) groups excluding carboxylic acids is 1. The first-order chi connectivity index (χ1) is 13.3. The van der Waals surface area contributed by atoms with Crippen molar-refractivity contribution in [3.05, 3.63) is 46.4 Å². The molecule has 2 aromatic rings. The molecule has 1 aliphatic rings. The Morgan fingerprint density at radius 2 is 1.86 bits per heavy atom. The van der Waals surface area contributed by atoms with Crippen LogP contribution in [0.4, 0.5) is 5.69 Å². The average Bonchev–Trinajstić information content (AvgIpc) is 2.70. The molecule has 28 heavy (non-hydrogen) atoms. The quantitative estimate of drug-likeness (QED) is 0.799. The van der Waals surface area contributed by atoms with Crippen molar-refractivity contribution >= 4 is 21.6 Å². The maximum Gasteiger partial charge on any atom is 0.276 e. The van der Waals surface area contributed by atoms with Crippen LogP contribution in [0.25, 0.3) is 0 Å². The fraction of sp³-hybridized carbons (Fsp3) is 0.389. The van der Waals surface area contributed by atoms with Crippen molar-refractivity contribution in [3.63, 3.8) is 0 Å². The van der Waals surface area contributed by atoms with Crippen molar-refractivity contribution in [2.75, 3.05) is 25.5 Å². The van der Waals surface area contributed by atoms with Crippen LogP contribution >= 0.6 is 0 Å². The highest BCUT2D eigenvalue weighted by atomic mass is 32.2. The minimum absolute atomic E-state index is 0.0217. The standard InChI is InChI=1S/C18H22N4O5S/c1-21-17(23)9-7-14(20-21)18(24)19-15-12-13(6-8-16(15)27-2)28(25,26)22-10-4-3-5-11-22/h6-9,12H,3-5,10-11H2,1-2H3,(H,19,24). The smallest absolute Gasteiger partial charge is 0.276 e. The van der Waals surface area contributed by atoms with Crippen molar-refractivity contribution in [2.45, 2.75) is 24.2 Å². The zero-order chi connectivity index (χ0) is 20.3. The van der Waals surface area contributed by atoms with Crippen LogP contribution in [0.15, 0.2) is 40.0 Å². The number of rotatable bonds is 5. The van der Waals surface area contributed by atoms with E-state index >= 15 is 0 Å². The van der Waals surface area contributed by atoms with E-state index in [-0.39, 0.29) is 21.8 Å². The lowest BCUT2D eigenvalue weighted by Gasteiger charge is -2.26. The van der Waals surface area contributed by atoms with Crippen LogP contribution in [0.1, 0.15) is 29.8 Å². The molecular weight excluding hydrogens is 384 g/mol. The van der Waals surface area contributed by atoms with Crippen LogP contribution in [0, 0.1) is 0 Å². The van der Waals surface area contributed by atoms with E-state index in [2.05, 4.69) is 10.4 Å². The zero-order valence-electron chi connectivity index (χ0n) is 15.7. The van der Waals surface area contributed by atoms with Gasteiger partial charge in [-0.3, -0.25) is 9.59 Å². The minimum Gasteiger partial charge on any atom is -0.495 e. The number of hydrogen-bond acceptors (Lipinski definition) is 6. The van der Waals surface area contributed by atoms with Crippen molar-refractivity contribution < 1.29 is 17.9 Å². The van der Waals surface area contributed by atoms with Crippen molar-refractivity contribution in [3.8, 4) is 5.75 Å². The van der Waals surface area contributed by atoms with E-state index < -0.39 is 15.9 Å². The molecule has 2 heterocycles. The molecule has 1 saturated heterocycles. The van der Waals surface area contributed by atoms with E-state index in [1.807, 2.05) is 0 Å². The van der Waals surface area contributed by atoms with Gasteiger partial charge >= 0.3 is 0 Å². The highest BCUT2D eigenvalue weighted by Gasteiger charge is 2.27. The number of amides is 1. The van der Waals surface area contributed by atoms with Crippen LogP contribution in [0.2, 0.25) is 0 Å². The molecule has 0 aliphatic carbocycles. The summed E-state index contributed by atoms with van der Waals surface area (Å²) in [6.45, 7) is 0.968. The number of anilines is 1. The highest BCUT2D eigenvalue weighted by Crippen LogP contribution is 2.30. The van der Waals surface area contributed by atoms with Crippen molar-refractivity contribution in [1.29, 1.82) is 0 Å². The molecule has 0 atom stereocenters. The molecule has 1 fully saturated rings. The molecule has 3 rings (SSSR count). The number of piperidine rings is 1. The molecule has 9 nitrogen and oxygen atoms in total. The van der Waals surface area contributed by atoms with E-state index in [9.17, 15) is 18.0 Å².